The minimum atomic E-state index is -3.77. The number of sulfonamides is 1. The van der Waals surface area contributed by atoms with Gasteiger partial charge in [-0.1, -0.05) is 17.7 Å². The molecule has 0 unspecified atom stereocenters. The maximum absolute atomic E-state index is 12.1. The number of benzene rings is 1. The van der Waals surface area contributed by atoms with E-state index in [1.807, 2.05) is 0 Å². The topological polar surface area (TPSA) is 101 Å². The largest absolute Gasteiger partial charge is 0.383 e. The summed E-state index contributed by atoms with van der Waals surface area (Å²) in [6, 6.07) is 4.94. The van der Waals surface area contributed by atoms with Crippen molar-refractivity contribution in [2.45, 2.75) is 11.8 Å². The van der Waals surface area contributed by atoms with Gasteiger partial charge in [0.2, 0.25) is 0 Å². The molecule has 96 valence electrons. The van der Waals surface area contributed by atoms with Crippen LogP contribution in [-0.4, -0.2) is 18.6 Å². The van der Waals surface area contributed by atoms with Crippen LogP contribution in [-0.2, 0) is 10.0 Å². The average molecular weight is 287 g/mol. The summed E-state index contributed by atoms with van der Waals surface area (Å²) in [6.45, 7) is 1.77. The fourth-order valence-electron chi connectivity index (χ4n) is 1.40. The first kappa shape index (κ1) is 12.7. The summed E-state index contributed by atoms with van der Waals surface area (Å²) in [4.78, 5) is -0.0955. The number of nitrogen functional groups attached to an aromatic ring is 1. The molecule has 2 rings (SSSR count). The van der Waals surface area contributed by atoms with Crippen molar-refractivity contribution in [2.24, 2.45) is 0 Å². The molecule has 1 aromatic carbocycles. The highest BCUT2D eigenvalue weighted by molar-refractivity contribution is 7.92. The second-order valence-electron chi connectivity index (χ2n) is 3.71. The van der Waals surface area contributed by atoms with Crippen LogP contribution < -0.4 is 10.5 Å². The highest BCUT2D eigenvalue weighted by Gasteiger charge is 2.20. The van der Waals surface area contributed by atoms with Crippen LogP contribution in [0, 0.1) is 6.92 Å². The summed E-state index contributed by atoms with van der Waals surface area (Å²) in [7, 11) is -3.77. The van der Waals surface area contributed by atoms with Crippen LogP contribution in [0.3, 0.4) is 0 Å². The van der Waals surface area contributed by atoms with Gasteiger partial charge in [0.05, 0.1) is 11.9 Å². The molecule has 18 heavy (non-hydrogen) atoms. The molecule has 2 aromatic rings. The molecule has 0 radical (unpaired) electrons. The van der Waals surface area contributed by atoms with E-state index in [2.05, 4.69) is 14.9 Å². The molecule has 0 aliphatic carbocycles. The molecule has 0 aliphatic heterocycles. The summed E-state index contributed by atoms with van der Waals surface area (Å²) < 4.78 is 26.5. The number of nitrogens with one attached hydrogen (secondary N) is 2. The summed E-state index contributed by atoms with van der Waals surface area (Å²) in [5, 5.41) is 6.39. The zero-order valence-corrected chi connectivity index (χ0v) is 11.0. The lowest BCUT2D eigenvalue weighted by molar-refractivity contribution is 0.601. The van der Waals surface area contributed by atoms with Gasteiger partial charge in [0, 0.05) is 5.02 Å². The van der Waals surface area contributed by atoms with Crippen molar-refractivity contribution >= 4 is 33.1 Å². The van der Waals surface area contributed by atoms with E-state index in [0.717, 1.165) is 11.8 Å². The van der Waals surface area contributed by atoms with Gasteiger partial charge in [0.25, 0.3) is 10.0 Å². The highest BCUT2D eigenvalue weighted by atomic mass is 35.5. The Kier molecular flexibility index (Phi) is 3.18. The quantitative estimate of drug-likeness (QED) is 0.800. The van der Waals surface area contributed by atoms with Crippen molar-refractivity contribution in [1.82, 2.24) is 10.2 Å². The fourth-order valence-corrected chi connectivity index (χ4v) is 2.72. The molecule has 0 saturated carbocycles. The predicted molar refractivity (Wildman–Crippen MR) is 70.0 cm³/mol. The number of rotatable bonds is 3. The van der Waals surface area contributed by atoms with Crippen LogP contribution in [0.2, 0.25) is 5.02 Å². The zero-order chi connectivity index (χ0) is 13.3. The van der Waals surface area contributed by atoms with Gasteiger partial charge in [-0.05, 0) is 24.6 Å². The molecule has 0 bridgehead atoms. The lowest BCUT2D eigenvalue weighted by Crippen LogP contribution is -2.14. The molecule has 0 spiro atoms. The third-order valence-corrected chi connectivity index (χ3v) is 3.99. The monoisotopic (exact) mass is 286 g/mol. The number of H-pyrrole nitrogens is 1. The molecule has 4 N–H and O–H groups in total. The van der Waals surface area contributed by atoms with Gasteiger partial charge in [-0.15, -0.1) is 0 Å². The van der Waals surface area contributed by atoms with Gasteiger partial charge >= 0.3 is 0 Å². The Labute approximate surface area is 109 Å². The summed E-state index contributed by atoms with van der Waals surface area (Å²) in [5.41, 5.74) is 6.65. The van der Waals surface area contributed by atoms with Crippen LogP contribution in [0.15, 0.2) is 29.3 Å². The third kappa shape index (κ3) is 2.41. The van der Waals surface area contributed by atoms with Crippen LogP contribution in [0.5, 0.6) is 0 Å². The van der Waals surface area contributed by atoms with Crippen molar-refractivity contribution in [2.75, 3.05) is 10.5 Å². The van der Waals surface area contributed by atoms with Crippen LogP contribution in [0.4, 0.5) is 11.5 Å². The summed E-state index contributed by atoms with van der Waals surface area (Å²) >= 11 is 5.82. The smallest absolute Gasteiger partial charge is 0.267 e. The number of anilines is 2. The second kappa shape index (κ2) is 4.51. The lowest BCUT2D eigenvalue weighted by Gasteiger charge is -2.10. The predicted octanol–water partition coefficient (Wildman–Crippen LogP) is 1.75. The first-order valence-corrected chi connectivity index (χ1v) is 6.84. The number of hydrogen-bond acceptors (Lipinski definition) is 4. The highest BCUT2D eigenvalue weighted by Crippen LogP contribution is 2.24. The molecule has 0 fully saturated rings. The molecule has 1 aromatic heterocycles. The van der Waals surface area contributed by atoms with E-state index in [1.54, 1.807) is 19.1 Å². The number of nitrogens with two attached hydrogens (primary N) is 1. The molecular formula is C10H11ClN4O2S. The van der Waals surface area contributed by atoms with Crippen molar-refractivity contribution in [1.29, 1.82) is 0 Å². The van der Waals surface area contributed by atoms with Crippen LogP contribution in [0.1, 0.15) is 5.56 Å². The molecule has 0 aliphatic rings. The van der Waals surface area contributed by atoms with E-state index in [0.29, 0.717) is 10.7 Å². The Bertz CT molecular complexity index is 681. The summed E-state index contributed by atoms with van der Waals surface area (Å²) in [6.07, 6.45) is 1.15. The number of nitrogens with zero attached hydrogens (tertiary/aromatic N) is 1. The Morgan fingerprint density at radius 3 is 2.78 bits per heavy atom. The Hall–Kier alpha value is -1.73. The second-order valence-corrected chi connectivity index (χ2v) is 5.80. The number of aromatic amines is 1. The zero-order valence-electron chi connectivity index (χ0n) is 9.44. The lowest BCUT2D eigenvalue weighted by atomic mass is 10.2. The van der Waals surface area contributed by atoms with E-state index in [9.17, 15) is 8.42 Å². The molecule has 1 heterocycles. The van der Waals surface area contributed by atoms with Gasteiger partial charge in [0.1, 0.15) is 10.7 Å². The number of aryl methyl sites for hydroxylation is 1. The van der Waals surface area contributed by atoms with E-state index in [4.69, 9.17) is 17.3 Å². The van der Waals surface area contributed by atoms with Gasteiger partial charge in [0.15, 0.2) is 0 Å². The first-order valence-electron chi connectivity index (χ1n) is 4.98. The third-order valence-electron chi connectivity index (χ3n) is 2.37. The molecule has 0 atom stereocenters. The van der Waals surface area contributed by atoms with Gasteiger partial charge in [-0.3, -0.25) is 9.82 Å². The van der Waals surface area contributed by atoms with Crippen molar-refractivity contribution < 1.29 is 8.42 Å². The van der Waals surface area contributed by atoms with Crippen LogP contribution >= 0.6 is 11.6 Å². The molecular weight excluding hydrogens is 276 g/mol. The maximum atomic E-state index is 12.1. The van der Waals surface area contributed by atoms with Crippen molar-refractivity contribution in [3.05, 3.63) is 35.0 Å². The first-order chi connectivity index (χ1) is 8.40. The van der Waals surface area contributed by atoms with E-state index in [1.165, 1.54) is 6.07 Å². The van der Waals surface area contributed by atoms with Gasteiger partial charge < -0.3 is 5.73 Å². The standard InChI is InChI=1S/C10H11ClN4O2S/c1-6-2-3-7(11)4-8(6)15-18(16,17)9-5-13-14-10(9)12/h2-5,15H,1H3,(H3,12,13,14). The molecule has 8 heteroatoms. The fraction of sp³-hybridized carbons (Fsp3) is 0.100. The van der Waals surface area contributed by atoms with E-state index < -0.39 is 10.0 Å². The minimum absolute atomic E-state index is 0.0119. The Balaban J connectivity index is 2.40. The SMILES string of the molecule is Cc1ccc(Cl)cc1NS(=O)(=O)c1cn[nH]c1N. The number of halogens is 1. The summed E-state index contributed by atoms with van der Waals surface area (Å²) in [5.74, 6) is -0.0119. The van der Waals surface area contributed by atoms with Crippen LogP contribution in [0.25, 0.3) is 0 Å². The number of aromatic nitrogens is 2. The molecule has 0 amide bonds. The van der Waals surface area contributed by atoms with Crippen molar-refractivity contribution in [3.8, 4) is 0 Å². The molecule has 6 nitrogen and oxygen atoms in total. The van der Waals surface area contributed by atoms with Gasteiger partial charge in [-0.2, -0.15) is 5.10 Å². The van der Waals surface area contributed by atoms with Crippen molar-refractivity contribution in [3.63, 3.8) is 0 Å². The minimum Gasteiger partial charge on any atom is -0.383 e. The number of hydrogen-bond donors (Lipinski definition) is 3. The normalized spacial score (nSPS) is 11.4. The van der Waals surface area contributed by atoms with E-state index in [-0.39, 0.29) is 10.7 Å². The maximum Gasteiger partial charge on any atom is 0.267 e. The molecule has 0 saturated heterocycles. The van der Waals surface area contributed by atoms with E-state index >= 15 is 0 Å². The average Bonchev–Trinajstić information content (AvgIpc) is 2.70. The van der Waals surface area contributed by atoms with Gasteiger partial charge in [-0.25, -0.2) is 8.42 Å². The Morgan fingerprint density at radius 2 is 2.17 bits per heavy atom. The Morgan fingerprint density at radius 1 is 1.44 bits per heavy atom.